The van der Waals surface area contributed by atoms with E-state index in [0.29, 0.717) is 36.9 Å². The highest BCUT2D eigenvalue weighted by Gasteiger charge is 2.35. The number of carbonyl (C=O) groups excluding carboxylic acids is 2. The lowest BCUT2D eigenvalue weighted by atomic mass is 9.88. The van der Waals surface area contributed by atoms with E-state index in [9.17, 15) is 9.59 Å². The molecule has 1 atom stereocenters. The predicted molar refractivity (Wildman–Crippen MR) is 165 cm³/mol. The summed E-state index contributed by atoms with van der Waals surface area (Å²) in [4.78, 5) is 44.2. The number of piperazine rings is 1. The zero-order valence-electron chi connectivity index (χ0n) is 24.3. The Kier molecular flexibility index (Phi) is 10.7. The van der Waals surface area contributed by atoms with Gasteiger partial charge in [0, 0.05) is 51.2 Å². The summed E-state index contributed by atoms with van der Waals surface area (Å²) in [6, 6.07) is 3.88. The van der Waals surface area contributed by atoms with E-state index in [2.05, 4.69) is 38.6 Å². The number of rotatable bonds is 6. The number of piperidine rings is 1. The number of hydrogen-bond acceptors (Lipinski definition) is 9. The third-order valence-corrected chi connectivity index (χ3v) is 8.95. The second-order valence-corrected chi connectivity index (χ2v) is 12.0. The average molecular weight is 606 g/mol. The Bertz CT molecular complexity index is 1230. The third kappa shape index (κ3) is 7.40. The first-order chi connectivity index (χ1) is 19.6. The fourth-order valence-electron chi connectivity index (χ4n) is 5.71. The van der Waals surface area contributed by atoms with Crippen molar-refractivity contribution in [1.82, 2.24) is 24.8 Å². The summed E-state index contributed by atoms with van der Waals surface area (Å²) in [5.74, 6) is 1.58. The molecule has 2 aromatic heterocycles. The Labute approximate surface area is 252 Å². The van der Waals surface area contributed by atoms with Crippen LogP contribution in [0.3, 0.4) is 0 Å². The maximum absolute atomic E-state index is 13.0. The highest BCUT2D eigenvalue weighted by Crippen LogP contribution is 2.30. The lowest BCUT2D eigenvalue weighted by Crippen LogP contribution is -2.58. The number of Topliss-reactive ketones (excluding diaryl/α,β-unsaturated/α-hetero) is 1. The number of halogens is 2. The summed E-state index contributed by atoms with van der Waals surface area (Å²) in [7, 11) is 0. The lowest BCUT2D eigenvalue weighted by Gasteiger charge is -2.47. The average Bonchev–Trinajstić information content (AvgIpc) is 2.96. The van der Waals surface area contributed by atoms with Crippen molar-refractivity contribution in [2.75, 3.05) is 49.1 Å². The van der Waals surface area contributed by atoms with Gasteiger partial charge in [-0.15, -0.1) is 0 Å². The Morgan fingerprint density at radius 3 is 2.20 bits per heavy atom. The summed E-state index contributed by atoms with van der Waals surface area (Å²) < 4.78 is 0. The summed E-state index contributed by atoms with van der Waals surface area (Å²) in [5, 5.41) is 0.472. The van der Waals surface area contributed by atoms with Crippen molar-refractivity contribution in [2.24, 2.45) is 5.92 Å². The third-order valence-electron chi connectivity index (χ3n) is 8.48. The molecule has 12 heteroatoms. The van der Waals surface area contributed by atoms with Crippen LogP contribution in [0.25, 0.3) is 0 Å². The molecule has 1 amide bonds. The van der Waals surface area contributed by atoms with E-state index in [0.717, 1.165) is 44.8 Å². The molecule has 0 bridgehead atoms. The first kappa shape index (κ1) is 31.3. The largest absolute Gasteiger partial charge is 0.383 e. The minimum absolute atomic E-state index is 0.109. The number of hydrogen-bond donors (Lipinski definition) is 2. The first-order valence-electron chi connectivity index (χ1n) is 14.7. The Hall–Kier alpha value is -2.69. The maximum atomic E-state index is 13.0. The molecule has 0 radical (unpaired) electrons. The molecule has 10 nitrogen and oxygen atoms in total. The molecule has 5 rings (SSSR count). The molecule has 2 aliphatic heterocycles. The Morgan fingerprint density at radius 1 is 0.951 bits per heavy atom. The van der Waals surface area contributed by atoms with Crippen molar-refractivity contribution < 1.29 is 9.59 Å². The molecule has 4 N–H and O–H groups in total. The predicted octanol–water partition coefficient (Wildman–Crippen LogP) is 4.95. The SMILES string of the molecule is CC1CCC1.CCC(=O)c1nc(Cl)c(N2CCN(C3CCN(C(=O)c4ccc(Cl)nc4N)CC3)C(CC)C2)nc1N. The van der Waals surface area contributed by atoms with Gasteiger partial charge in [0.2, 0.25) is 0 Å². The van der Waals surface area contributed by atoms with Gasteiger partial charge in [-0.1, -0.05) is 63.2 Å². The molecule has 224 valence electrons. The van der Waals surface area contributed by atoms with E-state index < -0.39 is 0 Å². The van der Waals surface area contributed by atoms with Gasteiger partial charge < -0.3 is 21.3 Å². The number of ketones is 1. The Balaban J connectivity index is 0.000000699. The summed E-state index contributed by atoms with van der Waals surface area (Å²) in [5.41, 5.74) is 12.5. The number of amides is 1. The van der Waals surface area contributed by atoms with E-state index in [4.69, 9.17) is 34.7 Å². The molecule has 2 saturated heterocycles. The van der Waals surface area contributed by atoms with Gasteiger partial charge in [0.15, 0.2) is 22.6 Å². The molecule has 1 aliphatic carbocycles. The number of likely N-dealkylation sites (tertiary alicyclic amines) is 1. The highest BCUT2D eigenvalue weighted by molar-refractivity contribution is 6.32. The number of nitrogen functional groups attached to an aromatic ring is 2. The molecule has 0 aromatic carbocycles. The summed E-state index contributed by atoms with van der Waals surface area (Å²) in [6.45, 7) is 9.82. The summed E-state index contributed by atoms with van der Waals surface area (Å²) in [6.07, 6.45) is 7.46. The van der Waals surface area contributed by atoms with Gasteiger partial charge in [0.1, 0.15) is 16.7 Å². The monoisotopic (exact) mass is 604 g/mol. The van der Waals surface area contributed by atoms with Crippen LogP contribution in [-0.2, 0) is 0 Å². The number of nitrogens with zero attached hydrogens (tertiary/aromatic N) is 6. The quantitative estimate of drug-likeness (QED) is 0.347. The topological polar surface area (TPSA) is 135 Å². The van der Waals surface area contributed by atoms with Crippen LogP contribution in [0, 0.1) is 5.92 Å². The second kappa shape index (κ2) is 14.0. The second-order valence-electron chi connectivity index (χ2n) is 11.2. The molecule has 41 heavy (non-hydrogen) atoms. The van der Waals surface area contributed by atoms with Gasteiger partial charge in [-0.2, -0.15) is 0 Å². The number of anilines is 3. The van der Waals surface area contributed by atoms with Crippen LogP contribution in [0.1, 0.15) is 86.6 Å². The fraction of sp³-hybridized carbons (Fsp3) is 0.621. The van der Waals surface area contributed by atoms with E-state index in [-0.39, 0.29) is 45.4 Å². The molecule has 1 unspecified atom stereocenters. The zero-order valence-corrected chi connectivity index (χ0v) is 25.8. The van der Waals surface area contributed by atoms with Crippen LogP contribution < -0.4 is 16.4 Å². The van der Waals surface area contributed by atoms with Crippen LogP contribution in [0.2, 0.25) is 10.3 Å². The molecular weight excluding hydrogens is 563 g/mol. The van der Waals surface area contributed by atoms with Gasteiger partial charge in [0.05, 0.1) is 5.56 Å². The van der Waals surface area contributed by atoms with Gasteiger partial charge >= 0.3 is 0 Å². The minimum Gasteiger partial charge on any atom is -0.383 e. The normalized spacial score (nSPS) is 20.3. The molecule has 2 aromatic rings. The van der Waals surface area contributed by atoms with Crippen LogP contribution in [0.4, 0.5) is 17.5 Å². The van der Waals surface area contributed by atoms with E-state index in [1.807, 2.05) is 4.90 Å². The molecule has 1 saturated carbocycles. The first-order valence-corrected chi connectivity index (χ1v) is 15.5. The van der Waals surface area contributed by atoms with Crippen molar-refractivity contribution in [3.05, 3.63) is 33.7 Å². The lowest BCUT2D eigenvalue weighted by molar-refractivity contribution is 0.0491. The smallest absolute Gasteiger partial charge is 0.257 e. The van der Waals surface area contributed by atoms with Crippen molar-refractivity contribution in [3.63, 3.8) is 0 Å². The van der Waals surface area contributed by atoms with Crippen molar-refractivity contribution in [3.8, 4) is 0 Å². The number of nitrogens with two attached hydrogens (primary N) is 2. The highest BCUT2D eigenvalue weighted by atomic mass is 35.5. The number of carbonyl (C=O) groups is 2. The maximum Gasteiger partial charge on any atom is 0.257 e. The van der Waals surface area contributed by atoms with Crippen molar-refractivity contribution in [2.45, 2.75) is 77.8 Å². The van der Waals surface area contributed by atoms with Gasteiger partial charge in [-0.3, -0.25) is 14.5 Å². The minimum atomic E-state index is -0.176. The van der Waals surface area contributed by atoms with Crippen LogP contribution in [-0.4, -0.2) is 81.2 Å². The molecule has 3 fully saturated rings. The molecule has 3 aliphatic rings. The van der Waals surface area contributed by atoms with E-state index >= 15 is 0 Å². The standard InChI is InChI=1S/C24H32Cl2N8O2.C5H10/c1-3-14-13-33(23-20(26)30-19(17(35)4-2)22(28)31-23)11-12-34(14)15-7-9-32(10-8-15)24(36)16-5-6-18(25)29-21(16)27;1-5-3-2-4-5/h5-6,14-15H,3-4,7-13H2,1-2H3,(H2,27,29)(H2,28,31);5H,2-4H2,1H3. The molecule has 4 heterocycles. The number of pyridine rings is 1. The van der Waals surface area contributed by atoms with Gasteiger partial charge in [0.25, 0.3) is 5.91 Å². The van der Waals surface area contributed by atoms with Crippen molar-refractivity contribution in [1.29, 1.82) is 0 Å². The fourth-order valence-corrected chi connectivity index (χ4v) is 6.11. The van der Waals surface area contributed by atoms with Crippen LogP contribution in [0.5, 0.6) is 0 Å². The van der Waals surface area contributed by atoms with Gasteiger partial charge in [-0.25, -0.2) is 15.0 Å². The molecule has 0 spiro atoms. The Morgan fingerprint density at radius 2 is 1.63 bits per heavy atom. The number of aromatic nitrogens is 3. The van der Waals surface area contributed by atoms with E-state index in [1.54, 1.807) is 19.1 Å². The summed E-state index contributed by atoms with van der Waals surface area (Å²) >= 11 is 12.3. The van der Waals surface area contributed by atoms with Crippen LogP contribution >= 0.6 is 23.2 Å². The zero-order chi connectivity index (χ0) is 29.7. The molecular formula is C29H42Cl2N8O2. The van der Waals surface area contributed by atoms with E-state index in [1.165, 1.54) is 19.3 Å². The van der Waals surface area contributed by atoms with Crippen molar-refractivity contribution >= 4 is 52.3 Å². The van der Waals surface area contributed by atoms with Gasteiger partial charge in [-0.05, 0) is 37.3 Å². The van der Waals surface area contributed by atoms with Crippen LogP contribution in [0.15, 0.2) is 12.1 Å².